The molecule has 1 aromatic rings. The van der Waals surface area contributed by atoms with Crippen LogP contribution in [0.1, 0.15) is 18.7 Å². The van der Waals surface area contributed by atoms with Crippen LogP contribution in [0.2, 0.25) is 0 Å². The molecule has 0 aliphatic heterocycles. The zero-order chi connectivity index (χ0) is 9.14. The molecule has 0 N–H and O–H groups in total. The van der Waals surface area contributed by atoms with E-state index in [1.54, 1.807) is 25.3 Å². The third-order valence-electron chi connectivity index (χ3n) is 1.64. The molecule has 0 aliphatic rings. The number of hydrogen-bond acceptors (Lipinski definition) is 1. The fourth-order valence-corrected chi connectivity index (χ4v) is 1.73. The molecule has 0 fully saturated rings. The summed E-state index contributed by atoms with van der Waals surface area (Å²) in [6, 6.07) is 5.29. The first-order valence-corrected chi connectivity index (χ1v) is 4.42. The third kappa shape index (κ3) is 1.78. The molecule has 0 radical (unpaired) electrons. The second-order valence-corrected chi connectivity index (χ2v) is 3.27. The largest absolute Gasteiger partial charge is 0.496 e. The van der Waals surface area contributed by atoms with Crippen molar-refractivity contribution in [3.8, 4) is 5.75 Å². The smallest absolute Gasteiger partial charge is 0.133 e. The van der Waals surface area contributed by atoms with Gasteiger partial charge in [-0.15, -0.1) is 0 Å². The quantitative estimate of drug-likeness (QED) is 0.759. The molecule has 12 heavy (non-hydrogen) atoms. The van der Waals surface area contributed by atoms with Crippen LogP contribution in [-0.4, -0.2) is 7.11 Å². The summed E-state index contributed by atoms with van der Waals surface area (Å²) in [6.45, 7) is 1.50. The molecule has 0 saturated carbocycles. The summed E-state index contributed by atoms with van der Waals surface area (Å²) < 4.78 is 18.6. The summed E-state index contributed by atoms with van der Waals surface area (Å²) in [4.78, 5) is 0. The molecule has 1 nitrogen and oxygen atoms in total. The van der Waals surface area contributed by atoms with Crippen LogP contribution < -0.4 is 4.74 Å². The second-order valence-electron chi connectivity index (χ2n) is 2.48. The minimum absolute atomic E-state index is 0.620. The highest BCUT2D eigenvalue weighted by Gasteiger charge is 2.10. The van der Waals surface area contributed by atoms with Crippen LogP contribution in [0.25, 0.3) is 0 Å². The minimum Gasteiger partial charge on any atom is -0.496 e. The van der Waals surface area contributed by atoms with Gasteiger partial charge in [0, 0.05) is 5.56 Å². The Morgan fingerprint density at radius 3 is 2.67 bits per heavy atom. The van der Waals surface area contributed by atoms with Gasteiger partial charge in [0.05, 0.1) is 11.6 Å². The van der Waals surface area contributed by atoms with Gasteiger partial charge < -0.3 is 4.74 Å². The van der Waals surface area contributed by atoms with Crippen molar-refractivity contribution in [2.75, 3.05) is 7.11 Å². The van der Waals surface area contributed by atoms with E-state index in [1.807, 2.05) is 0 Å². The van der Waals surface area contributed by atoms with E-state index in [-0.39, 0.29) is 0 Å². The molecule has 0 spiro atoms. The van der Waals surface area contributed by atoms with E-state index in [4.69, 9.17) is 4.74 Å². The van der Waals surface area contributed by atoms with Gasteiger partial charge in [0.15, 0.2) is 0 Å². The molecule has 0 bridgehead atoms. The van der Waals surface area contributed by atoms with Crippen molar-refractivity contribution in [1.82, 2.24) is 0 Å². The predicted molar refractivity (Wildman–Crippen MR) is 50.2 cm³/mol. The summed E-state index contributed by atoms with van der Waals surface area (Å²) in [5.74, 6) is 0.664. The van der Waals surface area contributed by atoms with Gasteiger partial charge in [-0.2, -0.15) is 0 Å². The second kappa shape index (κ2) is 3.90. The number of rotatable bonds is 2. The van der Waals surface area contributed by atoms with Gasteiger partial charge in [0.25, 0.3) is 0 Å². The highest BCUT2D eigenvalue weighted by atomic mass is 79.9. The lowest BCUT2D eigenvalue weighted by atomic mass is 10.1. The van der Waals surface area contributed by atoms with Crippen molar-refractivity contribution >= 4 is 15.9 Å². The van der Waals surface area contributed by atoms with Gasteiger partial charge in [-0.25, -0.2) is 4.39 Å². The zero-order valence-electron chi connectivity index (χ0n) is 6.97. The van der Waals surface area contributed by atoms with Crippen LogP contribution in [0.5, 0.6) is 5.75 Å². The average molecular weight is 233 g/mol. The van der Waals surface area contributed by atoms with E-state index in [0.717, 1.165) is 0 Å². The molecule has 1 aromatic carbocycles. The molecule has 66 valence electrons. The van der Waals surface area contributed by atoms with Crippen molar-refractivity contribution < 1.29 is 9.13 Å². The number of hydrogen-bond donors (Lipinski definition) is 0. The molecule has 0 aliphatic carbocycles. The number of benzene rings is 1. The standard InChI is InChI=1S/C9H10BrFO/c1-6(11)7-4-3-5-8(12-2)9(7)10/h3-6H,1-2H3. The number of alkyl halides is 1. The first kappa shape index (κ1) is 9.52. The number of halogens is 2. The van der Waals surface area contributed by atoms with Crippen molar-refractivity contribution in [1.29, 1.82) is 0 Å². The van der Waals surface area contributed by atoms with E-state index >= 15 is 0 Å². The summed E-state index contributed by atoms with van der Waals surface area (Å²) in [7, 11) is 1.56. The molecular weight excluding hydrogens is 223 g/mol. The molecule has 1 atom stereocenters. The van der Waals surface area contributed by atoms with Gasteiger partial charge in [0.1, 0.15) is 11.9 Å². The summed E-state index contributed by atoms with van der Waals surface area (Å²) in [5, 5.41) is 0. The fourth-order valence-electron chi connectivity index (χ4n) is 0.993. The highest BCUT2D eigenvalue weighted by Crippen LogP contribution is 2.33. The first-order valence-electron chi connectivity index (χ1n) is 3.63. The maximum absolute atomic E-state index is 12.9. The SMILES string of the molecule is COc1cccc(C(C)F)c1Br. The third-order valence-corrected chi connectivity index (χ3v) is 2.49. The molecule has 1 unspecified atom stereocenters. The Bertz CT molecular complexity index is 273. The van der Waals surface area contributed by atoms with Crippen LogP contribution in [0.3, 0.4) is 0 Å². The van der Waals surface area contributed by atoms with Crippen LogP contribution in [-0.2, 0) is 0 Å². The lowest BCUT2D eigenvalue weighted by molar-refractivity contribution is 0.367. The number of methoxy groups -OCH3 is 1. The average Bonchev–Trinajstić information content (AvgIpc) is 2.04. The summed E-state index contributed by atoms with van der Waals surface area (Å²) in [6.07, 6.45) is -0.977. The van der Waals surface area contributed by atoms with E-state index in [2.05, 4.69) is 15.9 Å². The van der Waals surface area contributed by atoms with Crippen molar-refractivity contribution in [3.63, 3.8) is 0 Å². The van der Waals surface area contributed by atoms with Crippen molar-refractivity contribution in [2.45, 2.75) is 13.1 Å². The molecule has 1 rings (SSSR count). The molecule has 0 heterocycles. The maximum atomic E-state index is 12.9. The van der Waals surface area contributed by atoms with E-state index in [0.29, 0.717) is 15.8 Å². The zero-order valence-corrected chi connectivity index (χ0v) is 8.56. The molecule has 3 heteroatoms. The van der Waals surface area contributed by atoms with Gasteiger partial charge in [-0.3, -0.25) is 0 Å². The van der Waals surface area contributed by atoms with Crippen molar-refractivity contribution in [3.05, 3.63) is 28.2 Å². The van der Waals surface area contributed by atoms with Crippen LogP contribution >= 0.6 is 15.9 Å². The predicted octanol–water partition coefficient (Wildman–Crippen LogP) is 3.49. The molecule has 0 saturated heterocycles. The minimum atomic E-state index is -0.977. The van der Waals surface area contributed by atoms with Gasteiger partial charge in [0.2, 0.25) is 0 Å². The van der Waals surface area contributed by atoms with E-state index in [9.17, 15) is 4.39 Å². The van der Waals surface area contributed by atoms with Gasteiger partial charge >= 0.3 is 0 Å². The Hall–Kier alpha value is -0.570. The maximum Gasteiger partial charge on any atom is 0.133 e. The Morgan fingerprint density at radius 1 is 1.50 bits per heavy atom. The van der Waals surface area contributed by atoms with Crippen LogP contribution in [0.4, 0.5) is 4.39 Å². The summed E-state index contributed by atoms with van der Waals surface area (Å²) in [5.41, 5.74) is 0.620. The fraction of sp³-hybridized carbons (Fsp3) is 0.333. The van der Waals surface area contributed by atoms with E-state index in [1.165, 1.54) is 6.92 Å². The Labute approximate surface area is 79.7 Å². The first-order chi connectivity index (χ1) is 5.66. The monoisotopic (exact) mass is 232 g/mol. The van der Waals surface area contributed by atoms with Gasteiger partial charge in [-0.05, 0) is 28.9 Å². The molecule has 0 amide bonds. The Morgan fingerprint density at radius 2 is 2.17 bits per heavy atom. The Balaban J connectivity index is 3.14. The van der Waals surface area contributed by atoms with Crippen molar-refractivity contribution in [2.24, 2.45) is 0 Å². The van der Waals surface area contributed by atoms with Gasteiger partial charge in [-0.1, -0.05) is 12.1 Å². The molecule has 0 aromatic heterocycles. The van der Waals surface area contributed by atoms with Crippen LogP contribution in [0, 0.1) is 0 Å². The highest BCUT2D eigenvalue weighted by molar-refractivity contribution is 9.10. The number of ether oxygens (including phenoxy) is 1. The molecular formula is C9H10BrFO. The lowest BCUT2D eigenvalue weighted by Gasteiger charge is -2.08. The van der Waals surface area contributed by atoms with Crippen LogP contribution in [0.15, 0.2) is 22.7 Å². The topological polar surface area (TPSA) is 9.23 Å². The van der Waals surface area contributed by atoms with E-state index < -0.39 is 6.17 Å². The lowest BCUT2D eigenvalue weighted by Crippen LogP contribution is -1.91. The summed E-state index contributed by atoms with van der Waals surface area (Å²) >= 11 is 3.28. The normalized spacial score (nSPS) is 12.7. The Kier molecular flexibility index (Phi) is 3.09.